The first-order chi connectivity index (χ1) is 8.50. The summed E-state index contributed by atoms with van der Waals surface area (Å²) in [5.74, 6) is -0.412. The van der Waals surface area contributed by atoms with Crippen molar-refractivity contribution in [3.63, 3.8) is 0 Å². The molecule has 1 amide bonds. The average Bonchev–Trinajstić information content (AvgIpc) is 2.36. The summed E-state index contributed by atoms with van der Waals surface area (Å²) >= 11 is 0. The van der Waals surface area contributed by atoms with E-state index in [9.17, 15) is 9.90 Å². The van der Waals surface area contributed by atoms with Gasteiger partial charge in [-0.2, -0.15) is 0 Å². The van der Waals surface area contributed by atoms with Crippen molar-refractivity contribution in [2.45, 2.75) is 45.6 Å². The fourth-order valence-electron chi connectivity index (χ4n) is 1.87. The second kappa shape index (κ2) is 6.55. The Labute approximate surface area is 109 Å². The van der Waals surface area contributed by atoms with Crippen molar-refractivity contribution in [1.29, 1.82) is 0 Å². The van der Waals surface area contributed by atoms with Gasteiger partial charge in [-0.1, -0.05) is 51.8 Å². The standard InChI is InChI=1S/C15H23NO2/c1-4-5-11-15(18,12(2)3)14(17)16-13-9-7-6-8-10-13/h6-10,12,18H,4-5,11H2,1-3H3,(H,16,17). The Bertz CT molecular complexity index is 375. The van der Waals surface area contributed by atoms with Crippen LogP contribution in [-0.4, -0.2) is 16.6 Å². The van der Waals surface area contributed by atoms with E-state index in [1.807, 2.05) is 44.2 Å². The first-order valence-electron chi connectivity index (χ1n) is 6.59. The summed E-state index contributed by atoms with van der Waals surface area (Å²) in [5.41, 5.74) is -0.565. The van der Waals surface area contributed by atoms with Crippen LogP contribution in [0.5, 0.6) is 0 Å². The van der Waals surface area contributed by atoms with E-state index in [2.05, 4.69) is 12.2 Å². The molecule has 1 aromatic rings. The molecule has 0 aliphatic heterocycles. The lowest BCUT2D eigenvalue weighted by Crippen LogP contribution is -2.47. The first-order valence-corrected chi connectivity index (χ1v) is 6.59. The Morgan fingerprint density at radius 2 is 1.94 bits per heavy atom. The van der Waals surface area contributed by atoms with Gasteiger partial charge in [0.15, 0.2) is 0 Å². The molecule has 0 radical (unpaired) electrons. The van der Waals surface area contributed by atoms with E-state index in [1.165, 1.54) is 0 Å². The van der Waals surface area contributed by atoms with Crippen LogP contribution in [0, 0.1) is 5.92 Å². The van der Waals surface area contributed by atoms with Gasteiger partial charge in [-0.25, -0.2) is 0 Å². The van der Waals surface area contributed by atoms with E-state index >= 15 is 0 Å². The maximum atomic E-state index is 12.2. The third-order valence-electron chi connectivity index (χ3n) is 3.29. The van der Waals surface area contributed by atoms with E-state index in [1.54, 1.807) is 0 Å². The monoisotopic (exact) mass is 249 g/mol. The minimum Gasteiger partial charge on any atom is -0.380 e. The highest BCUT2D eigenvalue weighted by atomic mass is 16.3. The van der Waals surface area contributed by atoms with Crippen LogP contribution in [0.1, 0.15) is 40.0 Å². The number of hydrogen-bond acceptors (Lipinski definition) is 2. The molecule has 3 heteroatoms. The molecule has 1 rings (SSSR count). The molecule has 0 bridgehead atoms. The van der Waals surface area contributed by atoms with Gasteiger partial charge in [0.2, 0.25) is 0 Å². The van der Waals surface area contributed by atoms with Crippen molar-refractivity contribution in [1.82, 2.24) is 0 Å². The number of amides is 1. The summed E-state index contributed by atoms with van der Waals surface area (Å²) in [5, 5.41) is 13.3. The van der Waals surface area contributed by atoms with Crippen LogP contribution in [0.2, 0.25) is 0 Å². The predicted octanol–water partition coefficient (Wildman–Crippen LogP) is 3.20. The Balaban J connectivity index is 2.77. The molecule has 0 fully saturated rings. The fourth-order valence-corrected chi connectivity index (χ4v) is 1.87. The summed E-state index contributed by atoms with van der Waals surface area (Å²) in [6.45, 7) is 5.80. The number of hydrogen-bond donors (Lipinski definition) is 2. The smallest absolute Gasteiger partial charge is 0.256 e. The molecule has 0 heterocycles. The number of unbranched alkanes of at least 4 members (excludes halogenated alkanes) is 1. The van der Waals surface area contributed by atoms with Crippen molar-refractivity contribution >= 4 is 11.6 Å². The molecular weight excluding hydrogens is 226 g/mol. The summed E-state index contributed by atoms with van der Waals surface area (Å²) in [6, 6.07) is 9.24. The van der Waals surface area contributed by atoms with Crippen LogP contribution in [0.4, 0.5) is 5.69 Å². The van der Waals surface area contributed by atoms with E-state index in [0.29, 0.717) is 6.42 Å². The lowest BCUT2D eigenvalue weighted by molar-refractivity contribution is -0.139. The van der Waals surface area contributed by atoms with Crippen LogP contribution in [0.25, 0.3) is 0 Å². The quantitative estimate of drug-likeness (QED) is 0.813. The molecule has 0 aliphatic rings. The second-order valence-electron chi connectivity index (χ2n) is 5.00. The number of para-hydroxylation sites is 1. The Morgan fingerprint density at radius 3 is 2.44 bits per heavy atom. The van der Waals surface area contributed by atoms with E-state index in [-0.39, 0.29) is 11.8 Å². The van der Waals surface area contributed by atoms with Gasteiger partial charge in [-0.15, -0.1) is 0 Å². The molecule has 1 unspecified atom stereocenters. The third-order valence-corrected chi connectivity index (χ3v) is 3.29. The SMILES string of the molecule is CCCCC(O)(C(=O)Nc1ccccc1)C(C)C. The van der Waals surface area contributed by atoms with Crippen LogP contribution in [0.15, 0.2) is 30.3 Å². The minimum atomic E-state index is -1.29. The molecule has 0 aliphatic carbocycles. The van der Waals surface area contributed by atoms with Crippen LogP contribution >= 0.6 is 0 Å². The number of aliphatic hydroxyl groups is 1. The molecule has 3 nitrogen and oxygen atoms in total. The van der Waals surface area contributed by atoms with Gasteiger partial charge in [0, 0.05) is 5.69 Å². The number of nitrogens with one attached hydrogen (secondary N) is 1. The highest BCUT2D eigenvalue weighted by molar-refractivity contribution is 5.97. The van der Waals surface area contributed by atoms with E-state index < -0.39 is 5.60 Å². The lowest BCUT2D eigenvalue weighted by Gasteiger charge is -2.30. The molecule has 1 atom stereocenters. The van der Waals surface area contributed by atoms with Crippen LogP contribution < -0.4 is 5.32 Å². The van der Waals surface area contributed by atoms with Gasteiger partial charge in [0.05, 0.1) is 0 Å². The molecular formula is C15H23NO2. The van der Waals surface area contributed by atoms with Crippen molar-refractivity contribution in [3.8, 4) is 0 Å². The van der Waals surface area contributed by atoms with Gasteiger partial charge in [-0.3, -0.25) is 4.79 Å². The van der Waals surface area contributed by atoms with Crippen molar-refractivity contribution in [3.05, 3.63) is 30.3 Å². The number of anilines is 1. The summed E-state index contributed by atoms with van der Waals surface area (Å²) in [7, 11) is 0. The lowest BCUT2D eigenvalue weighted by atomic mass is 9.84. The Kier molecular flexibility index (Phi) is 5.35. The normalized spacial score (nSPS) is 14.3. The van der Waals surface area contributed by atoms with Gasteiger partial charge < -0.3 is 10.4 Å². The number of rotatable bonds is 6. The highest BCUT2D eigenvalue weighted by Gasteiger charge is 2.38. The zero-order valence-corrected chi connectivity index (χ0v) is 11.4. The average molecular weight is 249 g/mol. The highest BCUT2D eigenvalue weighted by Crippen LogP contribution is 2.25. The van der Waals surface area contributed by atoms with Crippen molar-refractivity contribution < 1.29 is 9.90 Å². The molecule has 0 aromatic heterocycles. The third kappa shape index (κ3) is 3.57. The maximum Gasteiger partial charge on any atom is 0.256 e. The largest absolute Gasteiger partial charge is 0.380 e. The van der Waals surface area contributed by atoms with E-state index in [4.69, 9.17) is 0 Å². The van der Waals surface area contributed by atoms with E-state index in [0.717, 1.165) is 18.5 Å². The molecule has 100 valence electrons. The van der Waals surface area contributed by atoms with Gasteiger partial charge in [0.25, 0.3) is 5.91 Å². The molecule has 18 heavy (non-hydrogen) atoms. The summed E-state index contributed by atoms with van der Waals surface area (Å²) in [4.78, 5) is 12.2. The van der Waals surface area contributed by atoms with Crippen molar-refractivity contribution in [2.24, 2.45) is 5.92 Å². The molecule has 0 spiro atoms. The van der Waals surface area contributed by atoms with Crippen molar-refractivity contribution in [2.75, 3.05) is 5.32 Å². The topological polar surface area (TPSA) is 49.3 Å². The second-order valence-corrected chi connectivity index (χ2v) is 5.00. The Hall–Kier alpha value is -1.35. The summed E-state index contributed by atoms with van der Waals surface area (Å²) < 4.78 is 0. The maximum absolute atomic E-state index is 12.2. The summed E-state index contributed by atoms with van der Waals surface area (Å²) in [6.07, 6.45) is 2.31. The predicted molar refractivity (Wildman–Crippen MR) is 74.4 cm³/mol. The number of carbonyl (C=O) groups is 1. The fraction of sp³-hybridized carbons (Fsp3) is 0.533. The molecule has 0 saturated carbocycles. The molecule has 2 N–H and O–H groups in total. The van der Waals surface area contributed by atoms with Crippen LogP contribution in [-0.2, 0) is 4.79 Å². The zero-order chi connectivity index (χ0) is 13.6. The van der Waals surface area contributed by atoms with Crippen LogP contribution in [0.3, 0.4) is 0 Å². The number of benzene rings is 1. The minimum absolute atomic E-state index is 0.104. The first kappa shape index (κ1) is 14.7. The number of carbonyl (C=O) groups excluding carboxylic acids is 1. The molecule has 0 saturated heterocycles. The van der Waals surface area contributed by atoms with Gasteiger partial charge in [-0.05, 0) is 24.5 Å². The Morgan fingerprint density at radius 1 is 1.33 bits per heavy atom. The molecule has 1 aromatic carbocycles. The van der Waals surface area contributed by atoms with Gasteiger partial charge >= 0.3 is 0 Å². The zero-order valence-electron chi connectivity index (χ0n) is 11.4. The van der Waals surface area contributed by atoms with Gasteiger partial charge in [0.1, 0.15) is 5.60 Å².